The van der Waals surface area contributed by atoms with Gasteiger partial charge in [0.15, 0.2) is 5.82 Å². The summed E-state index contributed by atoms with van der Waals surface area (Å²) in [6.45, 7) is 1.54. The first-order chi connectivity index (χ1) is 14.1. The maximum Gasteiger partial charge on any atom is 0.255 e. The van der Waals surface area contributed by atoms with E-state index < -0.39 is 0 Å². The molecule has 2 aromatic carbocycles. The summed E-state index contributed by atoms with van der Waals surface area (Å²) in [5.74, 6) is 0.982. The number of hydrogen-bond donors (Lipinski definition) is 2. The van der Waals surface area contributed by atoms with Gasteiger partial charge in [0, 0.05) is 25.2 Å². The maximum atomic E-state index is 13.1. The van der Waals surface area contributed by atoms with Crippen molar-refractivity contribution in [3.05, 3.63) is 66.0 Å². The number of nitrogens with zero attached hydrogens (tertiary/aromatic N) is 2. The first-order valence-electron chi connectivity index (χ1n) is 9.64. The lowest BCUT2D eigenvalue weighted by molar-refractivity contribution is 0.0930. The Hall–Kier alpha value is -3.35. The second-order valence-corrected chi connectivity index (χ2v) is 7.11. The fourth-order valence-electron chi connectivity index (χ4n) is 3.65. The molecule has 7 heteroatoms. The number of nitrogens with one attached hydrogen (secondary N) is 2. The van der Waals surface area contributed by atoms with Crippen LogP contribution >= 0.6 is 0 Å². The van der Waals surface area contributed by atoms with Gasteiger partial charge in [0.2, 0.25) is 0 Å². The first kappa shape index (κ1) is 19.0. The molecule has 0 saturated carbocycles. The summed E-state index contributed by atoms with van der Waals surface area (Å²) in [5.41, 5.74) is 2.24. The van der Waals surface area contributed by atoms with Crippen LogP contribution in [0.4, 0.5) is 10.2 Å². The summed E-state index contributed by atoms with van der Waals surface area (Å²) in [5, 5.41) is 10.5. The van der Waals surface area contributed by atoms with Gasteiger partial charge in [-0.25, -0.2) is 4.39 Å². The highest BCUT2D eigenvalue weighted by molar-refractivity contribution is 5.97. The molecule has 1 amide bonds. The van der Waals surface area contributed by atoms with Crippen LogP contribution in [0.25, 0.3) is 11.3 Å². The number of halogens is 1. The molecule has 1 fully saturated rings. The third-order valence-corrected chi connectivity index (χ3v) is 5.15. The molecule has 2 N–H and O–H groups in total. The quantitative estimate of drug-likeness (QED) is 0.693. The Kier molecular flexibility index (Phi) is 5.46. The molecule has 1 aliphatic rings. The molecule has 1 aromatic heterocycles. The number of H-pyrrole nitrogens is 1. The van der Waals surface area contributed by atoms with Crippen LogP contribution < -0.4 is 15.0 Å². The molecule has 3 aromatic rings. The van der Waals surface area contributed by atoms with Crippen molar-refractivity contribution in [2.45, 2.75) is 18.9 Å². The Morgan fingerprint density at radius 3 is 2.83 bits per heavy atom. The van der Waals surface area contributed by atoms with Gasteiger partial charge in [-0.3, -0.25) is 9.89 Å². The maximum absolute atomic E-state index is 13.1. The highest BCUT2D eigenvalue weighted by Gasteiger charge is 2.24. The molecule has 0 unspecified atom stereocenters. The van der Waals surface area contributed by atoms with Gasteiger partial charge in [0.1, 0.15) is 11.6 Å². The van der Waals surface area contributed by atoms with Crippen LogP contribution in [0.1, 0.15) is 23.2 Å². The fraction of sp³-hybridized carbons (Fsp3) is 0.273. The number of hydrogen-bond acceptors (Lipinski definition) is 4. The van der Waals surface area contributed by atoms with Crippen molar-refractivity contribution in [1.29, 1.82) is 0 Å². The molecule has 4 rings (SSSR count). The summed E-state index contributed by atoms with van der Waals surface area (Å²) in [6, 6.07) is 15.5. The standard InChI is InChI=1S/C22H23FN4O2/c1-29-20-7-3-2-6-18(20)22(28)24-17-5-4-12-27(14-17)21-13-19(25-26-21)15-8-10-16(23)11-9-15/h2-3,6-11,13,17H,4-5,12,14H2,1H3,(H,24,28)(H,25,26)/t17-/m1/s1. The van der Waals surface area contributed by atoms with E-state index in [1.54, 1.807) is 31.4 Å². The second kappa shape index (κ2) is 8.34. The monoisotopic (exact) mass is 394 g/mol. The largest absolute Gasteiger partial charge is 0.496 e. The van der Waals surface area contributed by atoms with E-state index in [9.17, 15) is 9.18 Å². The van der Waals surface area contributed by atoms with Crippen molar-refractivity contribution < 1.29 is 13.9 Å². The van der Waals surface area contributed by atoms with Gasteiger partial charge in [0.05, 0.1) is 18.4 Å². The lowest BCUT2D eigenvalue weighted by Crippen LogP contribution is -2.48. The van der Waals surface area contributed by atoms with Crippen molar-refractivity contribution >= 4 is 11.7 Å². The summed E-state index contributed by atoms with van der Waals surface area (Å²) in [7, 11) is 1.56. The SMILES string of the molecule is COc1ccccc1C(=O)N[C@@H]1CCCN(c2cc(-c3ccc(F)cc3)[nH]n2)C1. The van der Waals surface area contributed by atoms with Gasteiger partial charge >= 0.3 is 0 Å². The minimum absolute atomic E-state index is 0.0205. The van der Waals surface area contributed by atoms with Crippen LogP contribution in [-0.4, -0.2) is 42.3 Å². The Balaban J connectivity index is 1.43. The molecule has 150 valence electrons. The number of carbonyl (C=O) groups excluding carboxylic acids is 1. The summed E-state index contributed by atoms with van der Waals surface area (Å²) in [6.07, 6.45) is 1.86. The van der Waals surface area contributed by atoms with E-state index in [1.807, 2.05) is 18.2 Å². The van der Waals surface area contributed by atoms with Gasteiger partial charge in [-0.2, -0.15) is 5.10 Å². The number of carbonyl (C=O) groups is 1. The zero-order valence-electron chi connectivity index (χ0n) is 16.2. The molecule has 29 heavy (non-hydrogen) atoms. The predicted octanol–water partition coefficient (Wildman–Crippen LogP) is 3.62. The van der Waals surface area contributed by atoms with Gasteiger partial charge in [-0.15, -0.1) is 0 Å². The Bertz CT molecular complexity index is 986. The van der Waals surface area contributed by atoms with E-state index in [2.05, 4.69) is 20.4 Å². The number of amides is 1. The zero-order chi connectivity index (χ0) is 20.2. The molecule has 0 radical (unpaired) electrons. The number of benzene rings is 2. The number of para-hydroxylation sites is 1. The normalized spacial score (nSPS) is 16.5. The average molecular weight is 394 g/mol. The molecule has 1 aliphatic heterocycles. The third-order valence-electron chi connectivity index (χ3n) is 5.15. The van der Waals surface area contributed by atoms with E-state index in [0.717, 1.165) is 36.5 Å². The van der Waals surface area contributed by atoms with Crippen LogP contribution in [0.15, 0.2) is 54.6 Å². The summed E-state index contributed by atoms with van der Waals surface area (Å²) < 4.78 is 18.4. The lowest BCUT2D eigenvalue weighted by Gasteiger charge is -2.33. The fourth-order valence-corrected chi connectivity index (χ4v) is 3.65. The predicted molar refractivity (Wildman–Crippen MR) is 110 cm³/mol. The lowest BCUT2D eigenvalue weighted by atomic mass is 10.0. The molecule has 0 spiro atoms. The highest BCUT2D eigenvalue weighted by atomic mass is 19.1. The molecule has 2 heterocycles. The molecule has 1 atom stereocenters. The van der Waals surface area contributed by atoms with Crippen LogP contribution in [0.3, 0.4) is 0 Å². The van der Waals surface area contributed by atoms with Crippen LogP contribution in [0.5, 0.6) is 5.75 Å². The van der Waals surface area contributed by atoms with Crippen molar-refractivity contribution in [1.82, 2.24) is 15.5 Å². The minimum atomic E-state index is -0.266. The van der Waals surface area contributed by atoms with Crippen LogP contribution in [0, 0.1) is 5.82 Å². The van der Waals surface area contributed by atoms with E-state index in [0.29, 0.717) is 17.9 Å². The number of aromatic nitrogens is 2. The number of aromatic amines is 1. The van der Waals surface area contributed by atoms with Crippen LogP contribution in [0.2, 0.25) is 0 Å². The molecule has 0 aliphatic carbocycles. The average Bonchev–Trinajstić information content (AvgIpc) is 3.25. The number of piperidine rings is 1. The Morgan fingerprint density at radius 1 is 1.24 bits per heavy atom. The summed E-state index contributed by atoms with van der Waals surface area (Å²) >= 11 is 0. The first-order valence-corrected chi connectivity index (χ1v) is 9.64. The molecular weight excluding hydrogens is 371 g/mol. The van der Waals surface area contributed by atoms with Crippen molar-refractivity contribution in [3.63, 3.8) is 0 Å². The van der Waals surface area contributed by atoms with E-state index in [4.69, 9.17) is 4.74 Å². The Morgan fingerprint density at radius 2 is 2.03 bits per heavy atom. The molecule has 6 nitrogen and oxygen atoms in total. The van der Waals surface area contributed by atoms with Crippen LogP contribution in [-0.2, 0) is 0 Å². The van der Waals surface area contributed by atoms with E-state index >= 15 is 0 Å². The second-order valence-electron chi connectivity index (χ2n) is 7.11. The topological polar surface area (TPSA) is 70.2 Å². The summed E-state index contributed by atoms with van der Waals surface area (Å²) in [4.78, 5) is 14.8. The minimum Gasteiger partial charge on any atom is -0.496 e. The highest BCUT2D eigenvalue weighted by Crippen LogP contribution is 2.25. The number of methoxy groups -OCH3 is 1. The van der Waals surface area contributed by atoms with E-state index in [1.165, 1.54) is 12.1 Å². The number of ether oxygens (including phenoxy) is 1. The van der Waals surface area contributed by atoms with Gasteiger partial charge in [-0.05, 0) is 54.8 Å². The zero-order valence-corrected chi connectivity index (χ0v) is 16.2. The van der Waals surface area contributed by atoms with E-state index in [-0.39, 0.29) is 17.8 Å². The van der Waals surface area contributed by atoms with Gasteiger partial charge in [0.25, 0.3) is 5.91 Å². The Labute approximate surface area is 168 Å². The smallest absolute Gasteiger partial charge is 0.255 e. The van der Waals surface area contributed by atoms with Gasteiger partial charge < -0.3 is 15.0 Å². The van der Waals surface area contributed by atoms with Gasteiger partial charge in [-0.1, -0.05) is 12.1 Å². The van der Waals surface area contributed by atoms with Crippen molar-refractivity contribution in [3.8, 4) is 17.0 Å². The number of anilines is 1. The third kappa shape index (κ3) is 4.23. The van der Waals surface area contributed by atoms with Crippen molar-refractivity contribution in [2.24, 2.45) is 0 Å². The number of rotatable bonds is 5. The molecular formula is C22H23FN4O2. The molecule has 1 saturated heterocycles. The van der Waals surface area contributed by atoms with Crippen molar-refractivity contribution in [2.75, 3.05) is 25.1 Å². The molecule has 0 bridgehead atoms.